The van der Waals surface area contributed by atoms with Crippen LogP contribution in [0.25, 0.3) is 0 Å². The zero-order valence-electron chi connectivity index (χ0n) is 26.4. The third-order valence-electron chi connectivity index (χ3n) is 7.30. The number of hydrogen-bond acceptors (Lipinski definition) is 7. The fraction of sp³-hybridized carbons (Fsp3) is 0.0769. The van der Waals surface area contributed by atoms with Gasteiger partial charge in [-0.05, 0) is 90.3 Å². The molecule has 4 N–H and O–H groups in total. The number of amides is 2. The Morgan fingerprint density at radius 3 is 1.50 bits per heavy atom. The number of ether oxygens (including phenoxy) is 3. The van der Waals surface area contributed by atoms with Gasteiger partial charge in [0, 0.05) is 11.4 Å². The fourth-order valence-corrected chi connectivity index (χ4v) is 4.90. The summed E-state index contributed by atoms with van der Waals surface area (Å²) in [5.74, 6) is -2.58. The van der Waals surface area contributed by atoms with Crippen LogP contribution >= 0.6 is 0 Å². The van der Waals surface area contributed by atoms with Gasteiger partial charge >= 0.3 is 11.9 Å². The highest BCUT2D eigenvalue weighted by Gasteiger charge is 2.19. The molecule has 0 unspecified atom stereocenters. The Morgan fingerprint density at radius 2 is 1.02 bits per heavy atom. The third-order valence-corrected chi connectivity index (χ3v) is 7.30. The average molecular weight is 671 g/mol. The first-order valence-corrected chi connectivity index (χ1v) is 15.2. The number of nitrogens with one attached hydrogen (secondary N) is 2. The lowest BCUT2D eigenvalue weighted by atomic mass is 10.0. The molecule has 11 heteroatoms. The Bertz CT molecular complexity index is 2050. The molecule has 0 aliphatic carbocycles. The van der Waals surface area contributed by atoms with Gasteiger partial charge in [0.1, 0.15) is 36.6 Å². The lowest BCUT2D eigenvalue weighted by molar-refractivity contribution is 0.0683. The number of benzene rings is 5. The van der Waals surface area contributed by atoms with E-state index in [0.29, 0.717) is 29.3 Å². The van der Waals surface area contributed by atoms with E-state index in [2.05, 4.69) is 10.6 Å². The summed E-state index contributed by atoms with van der Waals surface area (Å²) in [5.41, 5.74) is 2.24. The van der Waals surface area contributed by atoms with Crippen LogP contribution in [0, 0.1) is 12.5 Å². The molecule has 0 aliphatic rings. The quantitative estimate of drug-likeness (QED) is 0.0753. The van der Waals surface area contributed by atoms with Crippen molar-refractivity contribution in [2.45, 2.75) is 6.42 Å². The maximum atomic E-state index is 13.2. The van der Waals surface area contributed by atoms with Gasteiger partial charge in [-0.25, -0.2) is 9.59 Å². The van der Waals surface area contributed by atoms with Crippen molar-refractivity contribution in [3.63, 3.8) is 0 Å². The summed E-state index contributed by atoms with van der Waals surface area (Å²) in [6, 6.07) is 31.4. The van der Waals surface area contributed by atoms with E-state index in [1.54, 1.807) is 24.3 Å². The summed E-state index contributed by atoms with van der Waals surface area (Å²) in [6.07, 6.45) is 7.66. The van der Waals surface area contributed by atoms with Crippen molar-refractivity contribution >= 4 is 35.1 Å². The molecule has 11 nitrogen and oxygen atoms in total. The van der Waals surface area contributed by atoms with Crippen LogP contribution in [-0.4, -0.2) is 47.2 Å². The van der Waals surface area contributed by atoms with Crippen LogP contribution in [0.4, 0.5) is 11.4 Å². The molecular weight excluding hydrogens is 640 g/mol. The number of hydrogen-bond donors (Lipinski definition) is 4. The maximum Gasteiger partial charge on any atom is 0.336 e. The average Bonchev–Trinajstić information content (AvgIpc) is 3.12. The van der Waals surface area contributed by atoms with E-state index in [1.807, 2.05) is 60.7 Å². The lowest BCUT2D eigenvalue weighted by Crippen LogP contribution is -2.17. The summed E-state index contributed by atoms with van der Waals surface area (Å²) in [6.45, 7) is 0.445. The molecule has 0 saturated carbocycles. The van der Waals surface area contributed by atoms with E-state index >= 15 is 0 Å². The molecule has 5 aromatic rings. The monoisotopic (exact) mass is 670 g/mol. The highest BCUT2D eigenvalue weighted by atomic mass is 16.5. The van der Waals surface area contributed by atoms with Crippen LogP contribution in [0.3, 0.4) is 0 Å². The fourth-order valence-electron chi connectivity index (χ4n) is 4.90. The molecule has 0 saturated heterocycles. The Labute approximate surface area is 287 Å². The van der Waals surface area contributed by atoms with E-state index in [9.17, 15) is 29.4 Å². The lowest BCUT2D eigenvalue weighted by Gasteiger charge is -2.12. The van der Waals surface area contributed by atoms with Crippen molar-refractivity contribution in [3.05, 3.63) is 149 Å². The van der Waals surface area contributed by atoms with Gasteiger partial charge in [-0.3, -0.25) is 9.59 Å². The van der Waals surface area contributed by atoms with E-state index < -0.39 is 23.8 Å². The zero-order chi connectivity index (χ0) is 35.5. The molecule has 0 aromatic heterocycles. The first kappa shape index (κ1) is 34.3. The van der Waals surface area contributed by atoms with Crippen molar-refractivity contribution < 1.29 is 43.6 Å². The highest BCUT2D eigenvalue weighted by molar-refractivity contribution is 6.11. The predicted octanol–water partition coefficient (Wildman–Crippen LogP) is 6.61. The minimum Gasteiger partial charge on any atom is -0.490 e. The minimum absolute atomic E-state index is 0.0528. The molecule has 50 heavy (non-hydrogen) atoms. The largest absolute Gasteiger partial charge is 0.490 e. The summed E-state index contributed by atoms with van der Waals surface area (Å²) in [7, 11) is 0. The molecule has 5 aromatic carbocycles. The normalized spacial score (nSPS) is 10.3. The molecule has 2 amide bonds. The summed E-state index contributed by atoms with van der Waals surface area (Å²) in [5, 5.41) is 24.6. The predicted molar refractivity (Wildman–Crippen MR) is 185 cm³/mol. The SMILES string of the molecule is C#COc1ccc(C(=O)O)c(C(=O)Nc2ccc(Cc3ccc(NC(=O)c4cc(OCCOc5ccccc5)ccc4C(=O)O)cc3)cc2)c1. The minimum atomic E-state index is -1.27. The second-order valence-electron chi connectivity index (χ2n) is 10.7. The van der Waals surface area contributed by atoms with E-state index in [-0.39, 0.29) is 41.2 Å². The van der Waals surface area contributed by atoms with Crippen LogP contribution < -0.4 is 24.8 Å². The van der Waals surface area contributed by atoms with Crippen LogP contribution in [0.5, 0.6) is 17.2 Å². The number of rotatable bonds is 14. The molecule has 5 rings (SSSR count). The standard InChI is InChI=1S/C39H30N2O9/c1-2-48-30-16-18-32(38(44)45)34(23-30)36(42)40-27-12-8-25(9-13-27)22-26-10-14-28(15-11-26)41-37(43)35-24-31(17-19-33(35)39(46)47)50-21-20-49-29-6-4-3-5-7-29/h1,3-19,23-24H,20-22H2,(H,40,42)(H,41,43)(H,44,45)(H,46,47). The molecule has 0 spiro atoms. The molecule has 0 fully saturated rings. The van der Waals surface area contributed by atoms with Gasteiger partial charge in [-0.15, -0.1) is 0 Å². The van der Waals surface area contributed by atoms with Crippen LogP contribution in [0.2, 0.25) is 0 Å². The number of terminal acetylenes is 1. The Kier molecular flexibility index (Phi) is 11.1. The molecule has 0 radical (unpaired) electrons. The molecular formula is C39H30N2O9. The number of aromatic carboxylic acids is 2. The van der Waals surface area contributed by atoms with Crippen molar-refractivity contribution in [1.82, 2.24) is 0 Å². The van der Waals surface area contributed by atoms with Gasteiger partial charge in [0.15, 0.2) is 0 Å². The van der Waals surface area contributed by atoms with E-state index in [0.717, 1.165) is 11.1 Å². The van der Waals surface area contributed by atoms with Gasteiger partial charge in [0.25, 0.3) is 11.8 Å². The van der Waals surface area contributed by atoms with Gasteiger partial charge in [0.05, 0.1) is 22.3 Å². The molecule has 0 aliphatic heterocycles. The number of carbonyl (C=O) groups is 4. The number of carboxylic acids is 2. The Hall–Kier alpha value is -7.06. The number of anilines is 2. The van der Waals surface area contributed by atoms with Crippen molar-refractivity contribution in [3.8, 4) is 29.8 Å². The summed E-state index contributed by atoms with van der Waals surface area (Å²) < 4.78 is 16.3. The van der Waals surface area contributed by atoms with Crippen molar-refractivity contribution in [2.24, 2.45) is 0 Å². The zero-order valence-corrected chi connectivity index (χ0v) is 26.4. The second-order valence-corrected chi connectivity index (χ2v) is 10.7. The van der Waals surface area contributed by atoms with Crippen molar-refractivity contribution in [2.75, 3.05) is 23.8 Å². The first-order chi connectivity index (χ1) is 24.2. The summed E-state index contributed by atoms with van der Waals surface area (Å²) in [4.78, 5) is 49.5. The third kappa shape index (κ3) is 9.05. The highest BCUT2D eigenvalue weighted by Crippen LogP contribution is 2.23. The topological polar surface area (TPSA) is 160 Å². The van der Waals surface area contributed by atoms with Crippen LogP contribution in [0.15, 0.2) is 115 Å². The number of carbonyl (C=O) groups excluding carboxylic acids is 2. The van der Waals surface area contributed by atoms with E-state index in [4.69, 9.17) is 20.6 Å². The molecule has 0 heterocycles. The van der Waals surface area contributed by atoms with E-state index in [1.165, 1.54) is 36.4 Å². The first-order valence-electron chi connectivity index (χ1n) is 15.2. The smallest absolute Gasteiger partial charge is 0.336 e. The Balaban J connectivity index is 1.18. The second kappa shape index (κ2) is 16.2. The van der Waals surface area contributed by atoms with Gasteiger partial charge in [0.2, 0.25) is 0 Å². The molecule has 0 atom stereocenters. The van der Waals surface area contributed by atoms with Crippen molar-refractivity contribution in [1.29, 1.82) is 0 Å². The van der Waals surface area contributed by atoms with Crippen LogP contribution in [-0.2, 0) is 6.42 Å². The Morgan fingerprint density at radius 1 is 0.560 bits per heavy atom. The number of para-hydroxylation sites is 1. The van der Waals surface area contributed by atoms with Gasteiger partial charge < -0.3 is 35.1 Å². The number of carboxylic acid groups (broad SMARTS) is 2. The van der Waals surface area contributed by atoms with Gasteiger partial charge in [-0.2, -0.15) is 0 Å². The van der Waals surface area contributed by atoms with Crippen LogP contribution in [0.1, 0.15) is 52.6 Å². The summed E-state index contributed by atoms with van der Waals surface area (Å²) >= 11 is 0. The van der Waals surface area contributed by atoms with Gasteiger partial charge in [-0.1, -0.05) is 48.9 Å². The molecule has 250 valence electrons. The maximum absolute atomic E-state index is 13.2. The molecule has 0 bridgehead atoms.